The van der Waals surface area contributed by atoms with Gasteiger partial charge < -0.3 is 20.5 Å². The van der Waals surface area contributed by atoms with Gasteiger partial charge in [0.15, 0.2) is 17.2 Å². The Morgan fingerprint density at radius 3 is 2.52 bits per heavy atom. The minimum atomic E-state index is -0.776. The van der Waals surface area contributed by atoms with Crippen molar-refractivity contribution >= 4 is 28.3 Å². The van der Waals surface area contributed by atoms with Crippen molar-refractivity contribution < 1.29 is 19.1 Å². The first-order valence-electron chi connectivity index (χ1n) is 10.1. The van der Waals surface area contributed by atoms with Gasteiger partial charge in [-0.05, 0) is 31.0 Å². The Bertz CT molecular complexity index is 1280. The molecule has 1 aliphatic heterocycles. The molecule has 1 fully saturated rings. The number of hydrogen-bond donors (Lipinski definition) is 2. The number of nitrogens with zero attached hydrogens (tertiary/aromatic N) is 2. The molecular weight excluding hydrogens is 400 g/mol. The van der Waals surface area contributed by atoms with E-state index in [-0.39, 0.29) is 17.6 Å². The summed E-state index contributed by atoms with van der Waals surface area (Å²) in [7, 11) is 0. The Balaban J connectivity index is 1.37. The Morgan fingerprint density at radius 1 is 1.06 bits per heavy atom. The second kappa shape index (κ2) is 7.12. The van der Waals surface area contributed by atoms with Crippen LogP contribution in [0.5, 0.6) is 11.5 Å². The summed E-state index contributed by atoms with van der Waals surface area (Å²) in [5, 5.41) is 7.37. The van der Waals surface area contributed by atoms with E-state index in [0.29, 0.717) is 22.6 Å². The Labute approximate surface area is 176 Å². The molecule has 0 atom stereocenters. The molecule has 0 saturated heterocycles. The largest absolute Gasteiger partial charge is 0.448 e. The van der Waals surface area contributed by atoms with E-state index in [1.807, 2.05) is 0 Å². The van der Waals surface area contributed by atoms with Crippen LogP contribution in [0.25, 0.3) is 10.8 Å². The van der Waals surface area contributed by atoms with Crippen LogP contribution in [-0.2, 0) is 11.3 Å². The molecule has 5 rings (SSSR count). The Hall–Kier alpha value is -3.88. The van der Waals surface area contributed by atoms with Gasteiger partial charge in [-0.1, -0.05) is 18.2 Å². The van der Waals surface area contributed by atoms with E-state index in [0.717, 1.165) is 30.4 Å². The number of nitrogens with one attached hydrogen (secondary N) is 1. The van der Waals surface area contributed by atoms with Gasteiger partial charge in [0.1, 0.15) is 6.54 Å². The van der Waals surface area contributed by atoms with Gasteiger partial charge >= 0.3 is 0 Å². The molecule has 2 amide bonds. The molecule has 1 saturated carbocycles. The number of benzene rings is 2. The monoisotopic (exact) mass is 420 g/mol. The normalized spacial score (nSPS) is 16.0. The van der Waals surface area contributed by atoms with Crippen LogP contribution >= 0.6 is 0 Å². The smallest absolute Gasteiger partial charge is 0.275 e. The number of carbonyl (C=O) groups is 2. The van der Waals surface area contributed by atoms with Crippen molar-refractivity contribution in [2.75, 3.05) is 5.32 Å². The summed E-state index contributed by atoms with van der Waals surface area (Å²) >= 11 is 0. The summed E-state index contributed by atoms with van der Waals surface area (Å²) in [6, 6.07) is 11.7. The minimum Gasteiger partial charge on any atom is -0.448 e. The molecule has 2 aromatic carbocycles. The van der Waals surface area contributed by atoms with Gasteiger partial charge in [-0.25, -0.2) is 4.68 Å². The second-order valence-corrected chi connectivity index (χ2v) is 7.75. The maximum atomic E-state index is 12.7. The molecule has 9 heteroatoms. The lowest BCUT2D eigenvalue weighted by molar-refractivity contribution is -0.117. The number of hydrogen-bond acceptors (Lipinski definition) is 6. The quantitative estimate of drug-likeness (QED) is 0.666. The predicted molar refractivity (Wildman–Crippen MR) is 112 cm³/mol. The highest BCUT2D eigenvalue weighted by Crippen LogP contribution is 2.47. The molecule has 0 unspecified atom stereocenters. The van der Waals surface area contributed by atoms with E-state index in [4.69, 9.17) is 15.2 Å². The molecule has 0 radical (unpaired) electrons. The van der Waals surface area contributed by atoms with E-state index in [2.05, 4.69) is 10.4 Å². The molecule has 3 aromatic rings. The summed E-state index contributed by atoms with van der Waals surface area (Å²) < 4.78 is 12.9. The van der Waals surface area contributed by atoms with Crippen LogP contribution in [0, 0.1) is 0 Å². The lowest BCUT2D eigenvalue weighted by Gasteiger charge is -2.21. The first-order chi connectivity index (χ1) is 14.9. The van der Waals surface area contributed by atoms with Crippen molar-refractivity contribution in [1.82, 2.24) is 9.78 Å². The fourth-order valence-corrected chi connectivity index (χ4v) is 4.15. The van der Waals surface area contributed by atoms with Crippen LogP contribution in [0.15, 0.2) is 47.3 Å². The van der Waals surface area contributed by atoms with Gasteiger partial charge in [0.25, 0.3) is 17.3 Å². The van der Waals surface area contributed by atoms with E-state index < -0.39 is 23.2 Å². The van der Waals surface area contributed by atoms with E-state index in [1.165, 1.54) is 0 Å². The lowest BCUT2D eigenvalue weighted by Crippen LogP contribution is -2.34. The van der Waals surface area contributed by atoms with Gasteiger partial charge in [0.05, 0.1) is 5.39 Å². The van der Waals surface area contributed by atoms with E-state index >= 15 is 0 Å². The molecule has 158 valence electrons. The lowest BCUT2D eigenvalue weighted by atomic mass is 10.1. The maximum absolute atomic E-state index is 12.7. The van der Waals surface area contributed by atoms with Crippen molar-refractivity contribution in [3.05, 3.63) is 58.5 Å². The van der Waals surface area contributed by atoms with Crippen LogP contribution in [0.1, 0.15) is 36.2 Å². The van der Waals surface area contributed by atoms with Gasteiger partial charge in [0, 0.05) is 30.0 Å². The molecular formula is C22H20N4O5. The number of carbonyl (C=O) groups excluding carboxylic acids is 2. The maximum Gasteiger partial charge on any atom is 0.275 e. The summed E-state index contributed by atoms with van der Waals surface area (Å²) in [6.45, 7) is -0.373. The molecule has 2 aliphatic rings. The van der Waals surface area contributed by atoms with Crippen molar-refractivity contribution in [3.8, 4) is 11.5 Å². The predicted octanol–water partition coefficient (Wildman–Crippen LogP) is 2.18. The minimum absolute atomic E-state index is 0.0621. The summed E-state index contributed by atoms with van der Waals surface area (Å²) in [6.07, 6.45) is 3.78. The Kier molecular flexibility index (Phi) is 4.39. The average molecular weight is 420 g/mol. The molecule has 1 spiro atoms. The third kappa shape index (κ3) is 3.37. The van der Waals surface area contributed by atoms with Crippen LogP contribution < -0.4 is 26.1 Å². The average Bonchev–Trinajstić information content (AvgIpc) is 3.35. The number of amides is 2. The van der Waals surface area contributed by atoms with Crippen molar-refractivity contribution in [1.29, 1.82) is 0 Å². The van der Waals surface area contributed by atoms with Crippen LogP contribution in [-0.4, -0.2) is 27.4 Å². The summed E-state index contributed by atoms with van der Waals surface area (Å²) in [4.78, 5) is 37.1. The van der Waals surface area contributed by atoms with Crippen LogP contribution in [0.4, 0.5) is 5.69 Å². The highest BCUT2D eigenvalue weighted by molar-refractivity contribution is 6.04. The zero-order valence-corrected chi connectivity index (χ0v) is 16.6. The fourth-order valence-electron chi connectivity index (χ4n) is 4.15. The van der Waals surface area contributed by atoms with Gasteiger partial charge in [-0.2, -0.15) is 5.10 Å². The third-order valence-electron chi connectivity index (χ3n) is 5.58. The molecule has 0 bridgehead atoms. The second-order valence-electron chi connectivity index (χ2n) is 7.75. The number of fused-ring (bicyclic) bond motifs is 2. The fraction of sp³-hybridized carbons (Fsp3) is 0.273. The number of nitrogens with two attached hydrogens (primary N) is 1. The molecule has 3 N–H and O–H groups in total. The molecule has 2 heterocycles. The molecule has 1 aromatic heterocycles. The highest BCUT2D eigenvalue weighted by Gasteiger charge is 2.44. The van der Waals surface area contributed by atoms with Gasteiger partial charge in [0.2, 0.25) is 5.91 Å². The SMILES string of the molecule is NC(=O)c1nn(CC(=O)Nc2ccc3c(c2)OC2(CCCC2)O3)c(=O)c2ccccc12. The molecule has 9 nitrogen and oxygen atoms in total. The standard InChI is InChI=1S/C22H20N4O5/c23-20(28)19-14-5-1-2-6-15(14)21(29)26(25-19)12-18(27)24-13-7-8-16-17(11-13)31-22(30-16)9-3-4-10-22/h1-2,5-8,11H,3-4,9-10,12H2,(H2,23,28)(H,24,27). The first kappa shape index (κ1) is 19.1. The van der Waals surface area contributed by atoms with Crippen molar-refractivity contribution in [2.45, 2.75) is 38.0 Å². The summed E-state index contributed by atoms with van der Waals surface area (Å²) in [5.41, 5.74) is 5.37. The number of ether oxygens (including phenoxy) is 2. The molecule has 31 heavy (non-hydrogen) atoms. The van der Waals surface area contributed by atoms with Gasteiger partial charge in [-0.15, -0.1) is 0 Å². The first-order valence-corrected chi connectivity index (χ1v) is 10.1. The topological polar surface area (TPSA) is 126 Å². The Morgan fingerprint density at radius 2 is 1.77 bits per heavy atom. The van der Waals surface area contributed by atoms with Crippen LogP contribution in [0.2, 0.25) is 0 Å². The highest BCUT2D eigenvalue weighted by atomic mass is 16.7. The zero-order chi connectivity index (χ0) is 21.6. The third-order valence-corrected chi connectivity index (χ3v) is 5.58. The van der Waals surface area contributed by atoms with Crippen molar-refractivity contribution in [2.24, 2.45) is 5.73 Å². The van der Waals surface area contributed by atoms with Gasteiger partial charge in [-0.3, -0.25) is 14.4 Å². The van der Waals surface area contributed by atoms with E-state index in [1.54, 1.807) is 42.5 Å². The van der Waals surface area contributed by atoms with Crippen molar-refractivity contribution in [3.63, 3.8) is 0 Å². The zero-order valence-electron chi connectivity index (χ0n) is 16.6. The molecule has 1 aliphatic carbocycles. The summed E-state index contributed by atoms with van der Waals surface area (Å²) in [5.74, 6) is -0.606. The number of aromatic nitrogens is 2. The number of primary amides is 1. The number of rotatable bonds is 4. The van der Waals surface area contributed by atoms with E-state index in [9.17, 15) is 14.4 Å². The number of anilines is 1. The van der Waals surface area contributed by atoms with Crippen LogP contribution in [0.3, 0.4) is 0 Å².